The van der Waals surface area contributed by atoms with Crippen molar-refractivity contribution in [1.29, 1.82) is 0 Å². The van der Waals surface area contributed by atoms with Crippen LogP contribution in [0.5, 0.6) is 0 Å². The Labute approximate surface area is 120 Å². The quantitative estimate of drug-likeness (QED) is 0.678. The van der Waals surface area contributed by atoms with E-state index >= 15 is 0 Å². The molecule has 0 aliphatic carbocycles. The molecule has 1 saturated heterocycles. The fourth-order valence-electron chi connectivity index (χ4n) is 2.30. The van der Waals surface area contributed by atoms with Crippen molar-refractivity contribution >= 4 is 17.5 Å². The van der Waals surface area contributed by atoms with Crippen LogP contribution in [0.1, 0.15) is 19.8 Å². The van der Waals surface area contributed by atoms with Gasteiger partial charge in [0.25, 0.3) is 0 Å². The molecule has 1 fully saturated rings. The summed E-state index contributed by atoms with van der Waals surface area (Å²) in [6.45, 7) is 5.53. The molecule has 1 amide bonds. The SMILES string of the molecule is CCCCOC(=O)N1CCN(c2ccccc2N)CC1. The number of rotatable bonds is 4. The number of anilines is 2. The van der Waals surface area contributed by atoms with E-state index in [0.717, 1.165) is 37.3 Å². The van der Waals surface area contributed by atoms with Gasteiger partial charge >= 0.3 is 6.09 Å². The number of unbranched alkanes of at least 4 members (excludes halogenated alkanes) is 1. The smallest absolute Gasteiger partial charge is 0.409 e. The number of hydrogen-bond acceptors (Lipinski definition) is 4. The first-order chi connectivity index (χ1) is 9.72. The second-order valence-electron chi connectivity index (χ2n) is 5.00. The van der Waals surface area contributed by atoms with E-state index in [1.54, 1.807) is 4.90 Å². The van der Waals surface area contributed by atoms with Crippen LogP contribution in [0.2, 0.25) is 0 Å². The molecule has 0 bridgehead atoms. The number of carbonyl (C=O) groups excluding carboxylic acids is 1. The van der Waals surface area contributed by atoms with Crippen LogP contribution in [0.25, 0.3) is 0 Å². The van der Waals surface area contributed by atoms with Gasteiger partial charge in [0.05, 0.1) is 18.0 Å². The van der Waals surface area contributed by atoms with Gasteiger partial charge in [0.1, 0.15) is 0 Å². The molecule has 20 heavy (non-hydrogen) atoms. The molecule has 0 aromatic heterocycles. The Balaban J connectivity index is 1.83. The minimum atomic E-state index is -0.195. The molecule has 0 atom stereocenters. The summed E-state index contributed by atoms with van der Waals surface area (Å²) in [7, 11) is 0. The van der Waals surface area contributed by atoms with Gasteiger partial charge in [-0.05, 0) is 18.6 Å². The van der Waals surface area contributed by atoms with Crippen molar-refractivity contribution in [2.75, 3.05) is 43.4 Å². The molecule has 2 rings (SSSR count). The van der Waals surface area contributed by atoms with Crippen molar-refractivity contribution in [3.8, 4) is 0 Å². The van der Waals surface area contributed by atoms with Gasteiger partial charge in [-0.3, -0.25) is 0 Å². The second-order valence-corrected chi connectivity index (χ2v) is 5.00. The van der Waals surface area contributed by atoms with E-state index in [-0.39, 0.29) is 6.09 Å². The molecule has 0 radical (unpaired) electrons. The molecule has 110 valence electrons. The Morgan fingerprint density at radius 3 is 2.60 bits per heavy atom. The van der Waals surface area contributed by atoms with Gasteiger partial charge in [-0.25, -0.2) is 4.79 Å². The zero-order chi connectivity index (χ0) is 14.4. The highest BCUT2D eigenvalue weighted by molar-refractivity contribution is 5.70. The number of nitrogens with two attached hydrogens (primary N) is 1. The van der Waals surface area contributed by atoms with Crippen molar-refractivity contribution in [3.05, 3.63) is 24.3 Å². The summed E-state index contributed by atoms with van der Waals surface area (Å²) >= 11 is 0. The number of piperazine rings is 1. The second kappa shape index (κ2) is 7.03. The number of nitrogens with zero attached hydrogens (tertiary/aromatic N) is 2. The molecule has 5 nitrogen and oxygen atoms in total. The molecule has 1 heterocycles. The number of ether oxygens (including phenoxy) is 1. The summed E-state index contributed by atoms with van der Waals surface area (Å²) in [5, 5.41) is 0. The van der Waals surface area contributed by atoms with Gasteiger partial charge in [-0.2, -0.15) is 0 Å². The van der Waals surface area contributed by atoms with Gasteiger partial charge in [0.2, 0.25) is 0 Å². The van der Waals surface area contributed by atoms with Crippen LogP contribution in [-0.4, -0.2) is 43.8 Å². The largest absolute Gasteiger partial charge is 0.449 e. The van der Waals surface area contributed by atoms with E-state index in [0.29, 0.717) is 19.7 Å². The molecule has 0 spiro atoms. The van der Waals surface area contributed by atoms with Gasteiger partial charge < -0.3 is 20.3 Å². The van der Waals surface area contributed by atoms with Gasteiger partial charge in [0.15, 0.2) is 0 Å². The molecule has 1 aliphatic heterocycles. The molecule has 5 heteroatoms. The number of carbonyl (C=O) groups is 1. The van der Waals surface area contributed by atoms with Crippen molar-refractivity contribution < 1.29 is 9.53 Å². The first-order valence-corrected chi connectivity index (χ1v) is 7.23. The number of amides is 1. The summed E-state index contributed by atoms with van der Waals surface area (Å²) in [5.74, 6) is 0. The molecule has 0 unspecified atom stereocenters. The van der Waals surface area contributed by atoms with Crippen LogP contribution in [-0.2, 0) is 4.74 Å². The van der Waals surface area contributed by atoms with Crippen LogP contribution in [0.4, 0.5) is 16.2 Å². The van der Waals surface area contributed by atoms with Crippen LogP contribution in [0.3, 0.4) is 0 Å². The van der Waals surface area contributed by atoms with Crippen molar-refractivity contribution in [3.63, 3.8) is 0 Å². The minimum Gasteiger partial charge on any atom is -0.449 e. The molecule has 0 saturated carbocycles. The first-order valence-electron chi connectivity index (χ1n) is 7.23. The van der Waals surface area contributed by atoms with Crippen LogP contribution < -0.4 is 10.6 Å². The van der Waals surface area contributed by atoms with E-state index < -0.39 is 0 Å². The van der Waals surface area contributed by atoms with Gasteiger partial charge in [0, 0.05) is 26.2 Å². The Hall–Kier alpha value is -1.91. The van der Waals surface area contributed by atoms with Crippen LogP contribution in [0, 0.1) is 0 Å². The monoisotopic (exact) mass is 277 g/mol. The van der Waals surface area contributed by atoms with Crippen molar-refractivity contribution in [1.82, 2.24) is 4.90 Å². The van der Waals surface area contributed by atoms with E-state index in [4.69, 9.17) is 10.5 Å². The molecule has 1 aromatic carbocycles. The lowest BCUT2D eigenvalue weighted by atomic mass is 10.2. The number of para-hydroxylation sites is 2. The standard InChI is InChI=1S/C15H23N3O2/c1-2-3-12-20-15(19)18-10-8-17(9-11-18)14-7-5-4-6-13(14)16/h4-7H,2-3,8-12,16H2,1H3. The number of hydrogen-bond donors (Lipinski definition) is 1. The lowest BCUT2D eigenvalue weighted by molar-refractivity contribution is 0.0990. The lowest BCUT2D eigenvalue weighted by Crippen LogP contribution is -2.49. The van der Waals surface area contributed by atoms with E-state index in [2.05, 4.69) is 11.8 Å². The predicted octanol–water partition coefficient (Wildman–Crippen LogP) is 2.33. The molecule has 2 N–H and O–H groups in total. The van der Waals surface area contributed by atoms with Gasteiger partial charge in [-0.1, -0.05) is 25.5 Å². The maximum absolute atomic E-state index is 11.8. The topological polar surface area (TPSA) is 58.8 Å². The van der Waals surface area contributed by atoms with Gasteiger partial charge in [-0.15, -0.1) is 0 Å². The Kier molecular flexibility index (Phi) is 5.09. The maximum Gasteiger partial charge on any atom is 0.409 e. The summed E-state index contributed by atoms with van der Waals surface area (Å²) < 4.78 is 5.23. The van der Waals surface area contributed by atoms with E-state index in [9.17, 15) is 4.79 Å². The predicted molar refractivity (Wildman–Crippen MR) is 80.9 cm³/mol. The van der Waals surface area contributed by atoms with Crippen LogP contribution in [0.15, 0.2) is 24.3 Å². The highest BCUT2D eigenvalue weighted by Gasteiger charge is 2.22. The Morgan fingerprint density at radius 1 is 1.25 bits per heavy atom. The van der Waals surface area contributed by atoms with E-state index in [1.807, 2.05) is 24.3 Å². The zero-order valence-corrected chi connectivity index (χ0v) is 12.0. The third kappa shape index (κ3) is 3.56. The highest BCUT2D eigenvalue weighted by Crippen LogP contribution is 2.23. The normalized spacial score (nSPS) is 15.2. The number of benzene rings is 1. The fourth-order valence-corrected chi connectivity index (χ4v) is 2.30. The zero-order valence-electron chi connectivity index (χ0n) is 12.0. The maximum atomic E-state index is 11.8. The van der Waals surface area contributed by atoms with Crippen LogP contribution >= 0.6 is 0 Å². The third-order valence-corrected chi connectivity index (χ3v) is 3.54. The van der Waals surface area contributed by atoms with Crippen molar-refractivity contribution in [2.24, 2.45) is 0 Å². The minimum absolute atomic E-state index is 0.195. The average Bonchev–Trinajstić information content (AvgIpc) is 2.48. The lowest BCUT2D eigenvalue weighted by Gasteiger charge is -2.36. The number of nitrogen functional groups attached to an aromatic ring is 1. The van der Waals surface area contributed by atoms with Crippen molar-refractivity contribution in [2.45, 2.75) is 19.8 Å². The first kappa shape index (κ1) is 14.5. The average molecular weight is 277 g/mol. The molecular formula is C15H23N3O2. The third-order valence-electron chi connectivity index (χ3n) is 3.54. The van der Waals surface area contributed by atoms with E-state index in [1.165, 1.54) is 0 Å². The highest BCUT2D eigenvalue weighted by atomic mass is 16.6. The summed E-state index contributed by atoms with van der Waals surface area (Å²) in [5.41, 5.74) is 7.81. The fraction of sp³-hybridized carbons (Fsp3) is 0.533. The summed E-state index contributed by atoms with van der Waals surface area (Å²) in [6, 6.07) is 7.84. The summed E-state index contributed by atoms with van der Waals surface area (Å²) in [6.07, 6.45) is 1.76. The molecular weight excluding hydrogens is 254 g/mol. The Morgan fingerprint density at radius 2 is 1.95 bits per heavy atom. The summed E-state index contributed by atoms with van der Waals surface area (Å²) in [4.78, 5) is 15.8. The molecule has 1 aromatic rings. The Bertz CT molecular complexity index is 442. The molecule has 1 aliphatic rings.